The number of nitrogens with zero attached hydrogens (tertiary/aromatic N) is 1. The third kappa shape index (κ3) is 5.68. The van der Waals surface area contributed by atoms with Crippen molar-refractivity contribution in [3.8, 4) is 0 Å². The number of carbonyl (C=O) groups excluding carboxylic acids is 1. The number of ketones is 1. The molecule has 1 heterocycles. The zero-order valence-electron chi connectivity index (χ0n) is 18.1. The monoisotopic (exact) mass is 405 g/mol. The molecule has 4 heteroatoms. The largest absolute Gasteiger partial charge is 0.385 e. The molecule has 0 aliphatic heterocycles. The summed E-state index contributed by atoms with van der Waals surface area (Å²) in [6, 6.07) is 17.5. The molecule has 0 saturated heterocycles. The van der Waals surface area contributed by atoms with E-state index < -0.39 is 6.10 Å². The number of aromatic nitrogens is 1. The SMILES string of the molecule is CCC[NH+](CCC)C[C@H](O)Cn1cc(/C=C/C(=O)c2ccccc2)c2ccccc21. The van der Waals surface area contributed by atoms with Crippen molar-refractivity contribution in [2.45, 2.75) is 39.3 Å². The molecule has 30 heavy (non-hydrogen) atoms. The lowest BCUT2D eigenvalue weighted by molar-refractivity contribution is -0.903. The average molecular weight is 406 g/mol. The van der Waals surface area contributed by atoms with Gasteiger partial charge in [0.1, 0.15) is 12.6 Å². The van der Waals surface area contributed by atoms with Gasteiger partial charge in [-0.1, -0.05) is 62.4 Å². The van der Waals surface area contributed by atoms with Crippen molar-refractivity contribution in [3.63, 3.8) is 0 Å². The number of carbonyl (C=O) groups is 1. The molecule has 0 fully saturated rings. The van der Waals surface area contributed by atoms with Crippen LogP contribution in [0.25, 0.3) is 17.0 Å². The van der Waals surface area contributed by atoms with Gasteiger partial charge in [0.25, 0.3) is 0 Å². The Bertz CT molecular complexity index is 969. The topological polar surface area (TPSA) is 46.7 Å². The molecule has 0 radical (unpaired) electrons. The smallest absolute Gasteiger partial charge is 0.185 e. The lowest BCUT2D eigenvalue weighted by Crippen LogP contribution is -3.13. The fourth-order valence-electron chi connectivity index (χ4n) is 4.08. The van der Waals surface area contributed by atoms with Crippen LogP contribution in [-0.2, 0) is 6.54 Å². The number of aliphatic hydroxyl groups excluding tert-OH is 1. The summed E-state index contributed by atoms with van der Waals surface area (Å²) in [5.41, 5.74) is 2.76. The molecule has 0 aliphatic carbocycles. The molecule has 1 atom stereocenters. The summed E-state index contributed by atoms with van der Waals surface area (Å²) in [6.45, 7) is 7.87. The van der Waals surface area contributed by atoms with E-state index in [-0.39, 0.29) is 5.78 Å². The molecule has 3 rings (SSSR count). The van der Waals surface area contributed by atoms with Gasteiger partial charge in [-0.15, -0.1) is 0 Å². The summed E-state index contributed by atoms with van der Waals surface area (Å²) in [6.07, 6.45) is 7.40. The summed E-state index contributed by atoms with van der Waals surface area (Å²) in [7, 11) is 0. The van der Waals surface area contributed by atoms with Gasteiger partial charge in [-0.3, -0.25) is 4.79 Å². The fourth-order valence-corrected chi connectivity index (χ4v) is 4.08. The van der Waals surface area contributed by atoms with Crippen LogP contribution in [0.5, 0.6) is 0 Å². The van der Waals surface area contributed by atoms with Crippen LogP contribution in [0.1, 0.15) is 42.6 Å². The summed E-state index contributed by atoms with van der Waals surface area (Å²) < 4.78 is 2.11. The van der Waals surface area contributed by atoms with Crippen molar-refractivity contribution in [2.75, 3.05) is 19.6 Å². The van der Waals surface area contributed by atoms with E-state index in [4.69, 9.17) is 0 Å². The molecule has 0 spiro atoms. The van der Waals surface area contributed by atoms with Gasteiger partial charge in [0, 0.05) is 28.2 Å². The molecule has 4 nitrogen and oxygen atoms in total. The van der Waals surface area contributed by atoms with Gasteiger partial charge >= 0.3 is 0 Å². The van der Waals surface area contributed by atoms with E-state index in [1.807, 2.05) is 54.7 Å². The third-order valence-corrected chi connectivity index (χ3v) is 5.43. The van der Waals surface area contributed by atoms with Gasteiger partial charge in [-0.2, -0.15) is 0 Å². The number of quaternary nitrogens is 1. The second-order valence-electron chi connectivity index (χ2n) is 7.93. The quantitative estimate of drug-likeness (QED) is 0.378. The minimum Gasteiger partial charge on any atom is -0.385 e. The molecule has 158 valence electrons. The van der Waals surface area contributed by atoms with Crippen molar-refractivity contribution >= 4 is 22.8 Å². The average Bonchev–Trinajstić information content (AvgIpc) is 3.10. The van der Waals surface area contributed by atoms with Crippen molar-refractivity contribution in [1.29, 1.82) is 0 Å². The Hall–Kier alpha value is -2.69. The maximum atomic E-state index is 12.4. The molecular weight excluding hydrogens is 372 g/mol. The van der Waals surface area contributed by atoms with Crippen molar-refractivity contribution in [2.24, 2.45) is 0 Å². The Morgan fingerprint density at radius 1 is 1.03 bits per heavy atom. The van der Waals surface area contributed by atoms with Gasteiger partial charge in [0.2, 0.25) is 0 Å². The number of hydrogen-bond acceptors (Lipinski definition) is 2. The maximum absolute atomic E-state index is 12.4. The predicted octanol–water partition coefficient (Wildman–Crippen LogP) is 3.60. The second-order valence-corrected chi connectivity index (χ2v) is 7.93. The Morgan fingerprint density at radius 2 is 1.70 bits per heavy atom. The number of nitrogens with one attached hydrogen (secondary N) is 1. The lowest BCUT2D eigenvalue weighted by atomic mass is 10.1. The predicted molar refractivity (Wildman–Crippen MR) is 124 cm³/mol. The number of allylic oxidation sites excluding steroid dienone is 1. The maximum Gasteiger partial charge on any atom is 0.185 e. The standard InChI is InChI=1S/C26H32N2O2/c1-3-16-27(17-4-2)19-23(29)20-28-18-22(24-12-8-9-13-25(24)28)14-15-26(30)21-10-6-5-7-11-21/h5-15,18,23,29H,3-4,16-17,19-20H2,1-2H3/p+1/b15-14+/t23-/m0/s1. The van der Waals surface area contributed by atoms with Crippen LogP contribution >= 0.6 is 0 Å². The van der Waals surface area contributed by atoms with Gasteiger partial charge in [-0.05, 0) is 31.1 Å². The van der Waals surface area contributed by atoms with E-state index in [2.05, 4.69) is 30.5 Å². The highest BCUT2D eigenvalue weighted by molar-refractivity contribution is 6.07. The molecular formula is C26H33N2O2+. The molecule has 2 N–H and O–H groups in total. The molecule has 0 aliphatic rings. The molecule has 3 aromatic rings. The molecule has 0 unspecified atom stereocenters. The van der Waals surface area contributed by atoms with Gasteiger partial charge in [0.05, 0.1) is 19.6 Å². The highest BCUT2D eigenvalue weighted by atomic mass is 16.3. The Balaban J connectivity index is 1.78. The summed E-state index contributed by atoms with van der Waals surface area (Å²) in [5.74, 6) is -0.00848. The highest BCUT2D eigenvalue weighted by Crippen LogP contribution is 2.23. The summed E-state index contributed by atoms with van der Waals surface area (Å²) in [4.78, 5) is 13.9. The summed E-state index contributed by atoms with van der Waals surface area (Å²) >= 11 is 0. The summed E-state index contributed by atoms with van der Waals surface area (Å²) in [5, 5.41) is 11.8. The van der Waals surface area contributed by atoms with Crippen LogP contribution in [0, 0.1) is 0 Å². The zero-order valence-corrected chi connectivity index (χ0v) is 18.1. The third-order valence-electron chi connectivity index (χ3n) is 5.43. The van der Waals surface area contributed by atoms with E-state index in [0.717, 1.165) is 48.9 Å². The van der Waals surface area contributed by atoms with E-state index in [0.29, 0.717) is 12.1 Å². The minimum absolute atomic E-state index is 0.00848. The van der Waals surface area contributed by atoms with Crippen molar-refractivity contribution in [1.82, 2.24) is 4.57 Å². The number of para-hydroxylation sites is 1. The van der Waals surface area contributed by atoms with Crippen LogP contribution in [0.3, 0.4) is 0 Å². The molecule has 1 aromatic heterocycles. The van der Waals surface area contributed by atoms with Crippen LogP contribution in [0.15, 0.2) is 66.9 Å². The minimum atomic E-state index is -0.406. The van der Waals surface area contributed by atoms with E-state index in [1.54, 1.807) is 6.08 Å². The van der Waals surface area contributed by atoms with Crippen molar-refractivity contribution < 1.29 is 14.8 Å². The number of aliphatic hydroxyl groups is 1. The Morgan fingerprint density at radius 3 is 2.40 bits per heavy atom. The van der Waals surface area contributed by atoms with E-state index in [1.165, 1.54) is 4.90 Å². The number of benzene rings is 2. The van der Waals surface area contributed by atoms with Crippen LogP contribution in [-0.4, -0.2) is 41.2 Å². The van der Waals surface area contributed by atoms with Gasteiger partial charge in [-0.25, -0.2) is 0 Å². The van der Waals surface area contributed by atoms with Gasteiger partial charge < -0.3 is 14.6 Å². The van der Waals surface area contributed by atoms with Crippen LogP contribution in [0.2, 0.25) is 0 Å². The van der Waals surface area contributed by atoms with E-state index >= 15 is 0 Å². The first-order chi connectivity index (χ1) is 14.6. The number of rotatable bonds is 11. The van der Waals surface area contributed by atoms with Crippen molar-refractivity contribution in [3.05, 3.63) is 78.0 Å². The number of hydrogen-bond donors (Lipinski definition) is 2. The lowest BCUT2D eigenvalue weighted by Gasteiger charge is -2.22. The first-order valence-electron chi connectivity index (χ1n) is 11.0. The first kappa shape index (κ1) is 22.0. The normalized spacial score (nSPS) is 12.8. The Kier molecular flexibility index (Phi) is 8.00. The van der Waals surface area contributed by atoms with Gasteiger partial charge in [0.15, 0.2) is 5.78 Å². The first-order valence-corrected chi connectivity index (χ1v) is 11.0. The van der Waals surface area contributed by atoms with Crippen LogP contribution in [0.4, 0.5) is 0 Å². The second kappa shape index (κ2) is 10.9. The Labute approximate surface area is 179 Å². The highest BCUT2D eigenvalue weighted by Gasteiger charge is 2.16. The molecule has 0 saturated carbocycles. The van der Waals surface area contributed by atoms with E-state index in [9.17, 15) is 9.90 Å². The molecule has 0 bridgehead atoms. The molecule has 0 amide bonds. The zero-order chi connectivity index (χ0) is 21.3. The molecule has 2 aromatic carbocycles. The van der Waals surface area contributed by atoms with Crippen LogP contribution < -0.4 is 4.90 Å². The number of fused-ring (bicyclic) bond motifs is 1. The fraction of sp³-hybridized carbons (Fsp3) is 0.346.